The minimum atomic E-state index is 0.350. The van der Waals surface area contributed by atoms with Crippen LogP contribution >= 0.6 is 23.2 Å². The van der Waals surface area contributed by atoms with E-state index in [0.717, 1.165) is 0 Å². The zero-order chi connectivity index (χ0) is 14.6. The van der Waals surface area contributed by atoms with Gasteiger partial charge in [-0.3, -0.25) is 4.40 Å². The molecule has 21 heavy (non-hydrogen) atoms. The van der Waals surface area contributed by atoms with Gasteiger partial charge >= 0.3 is 0 Å². The number of benzene rings is 1. The molecule has 104 valence electrons. The van der Waals surface area contributed by atoms with Crippen LogP contribution in [-0.4, -0.2) is 29.5 Å². The molecule has 0 aliphatic rings. The lowest BCUT2D eigenvalue weighted by molar-refractivity contribution is 1.09. The highest BCUT2D eigenvalue weighted by atomic mass is 35.5. The number of nitrogen functional groups attached to an aromatic ring is 1. The Balaban J connectivity index is 2.10. The Morgan fingerprint density at radius 2 is 1.90 bits per heavy atom. The maximum absolute atomic E-state index is 6.23. The van der Waals surface area contributed by atoms with Crippen molar-refractivity contribution >= 4 is 45.7 Å². The van der Waals surface area contributed by atoms with Crippen LogP contribution in [0.4, 0.5) is 5.69 Å². The van der Waals surface area contributed by atoms with Crippen molar-refractivity contribution in [2.45, 2.75) is 0 Å². The van der Waals surface area contributed by atoms with Gasteiger partial charge in [0.25, 0.3) is 0 Å². The quantitative estimate of drug-likeness (QED) is 0.525. The van der Waals surface area contributed by atoms with Gasteiger partial charge in [-0.15, -0.1) is 10.2 Å². The second-order valence-electron chi connectivity index (χ2n) is 4.38. The van der Waals surface area contributed by atoms with Gasteiger partial charge in [-0.25, -0.2) is 9.97 Å². The number of hydrogen-bond acceptors (Lipinski definition) is 5. The van der Waals surface area contributed by atoms with Gasteiger partial charge < -0.3 is 10.7 Å². The Hall–Kier alpha value is -2.38. The van der Waals surface area contributed by atoms with E-state index in [9.17, 15) is 0 Å². The summed E-state index contributed by atoms with van der Waals surface area (Å²) in [6.45, 7) is 0. The van der Waals surface area contributed by atoms with Crippen LogP contribution in [-0.2, 0) is 0 Å². The molecule has 9 heteroatoms. The molecular formula is C12H7Cl2N7. The Bertz CT molecular complexity index is 988. The van der Waals surface area contributed by atoms with E-state index in [1.54, 1.807) is 29.2 Å². The molecular weight excluding hydrogens is 313 g/mol. The van der Waals surface area contributed by atoms with Crippen molar-refractivity contribution < 1.29 is 0 Å². The standard InChI is InChI=1S/C12H7Cl2N7/c13-5-1-2-6(14)8(15)7(5)11-19-20-12-9-10(17-3-16-9)18-4-21(11)12/h1-4H,15H2,(H,16,17). The van der Waals surface area contributed by atoms with Gasteiger partial charge in [-0.1, -0.05) is 23.2 Å². The summed E-state index contributed by atoms with van der Waals surface area (Å²) in [5, 5.41) is 9.16. The minimum Gasteiger partial charge on any atom is -0.397 e. The van der Waals surface area contributed by atoms with Crippen molar-refractivity contribution in [3.05, 3.63) is 34.8 Å². The van der Waals surface area contributed by atoms with E-state index in [4.69, 9.17) is 28.9 Å². The van der Waals surface area contributed by atoms with Gasteiger partial charge in [0.05, 0.1) is 27.6 Å². The minimum absolute atomic E-state index is 0.350. The molecule has 0 fully saturated rings. The highest BCUT2D eigenvalue weighted by Gasteiger charge is 2.18. The molecule has 0 saturated carbocycles. The average Bonchev–Trinajstić information content (AvgIpc) is 3.09. The Labute approximate surface area is 127 Å². The number of aromatic amines is 1. The van der Waals surface area contributed by atoms with Crippen LogP contribution in [0.25, 0.3) is 28.2 Å². The van der Waals surface area contributed by atoms with Crippen molar-refractivity contribution in [1.29, 1.82) is 0 Å². The summed E-state index contributed by atoms with van der Waals surface area (Å²) in [6, 6.07) is 3.30. The number of H-pyrrole nitrogens is 1. The van der Waals surface area contributed by atoms with E-state index in [0.29, 0.717) is 43.9 Å². The molecule has 0 bridgehead atoms. The monoisotopic (exact) mass is 319 g/mol. The Kier molecular flexibility index (Phi) is 2.54. The molecule has 0 aliphatic carbocycles. The van der Waals surface area contributed by atoms with Crippen molar-refractivity contribution in [2.24, 2.45) is 0 Å². The van der Waals surface area contributed by atoms with E-state index in [1.807, 2.05) is 0 Å². The second-order valence-corrected chi connectivity index (χ2v) is 5.20. The molecule has 0 unspecified atom stereocenters. The largest absolute Gasteiger partial charge is 0.397 e. The van der Waals surface area contributed by atoms with Crippen LogP contribution < -0.4 is 5.73 Å². The molecule has 0 saturated heterocycles. The first-order valence-corrected chi connectivity index (χ1v) is 6.69. The van der Waals surface area contributed by atoms with Crippen LogP contribution in [0.15, 0.2) is 24.8 Å². The van der Waals surface area contributed by atoms with Crippen LogP contribution in [0, 0.1) is 0 Å². The lowest BCUT2D eigenvalue weighted by atomic mass is 10.1. The molecule has 0 radical (unpaired) electrons. The molecule has 4 rings (SSSR count). The van der Waals surface area contributed by atoms with Crippen LogP contribution in [0.2, 0.25) is 10.0 Å². The second kappa shape index (κ2) is 4.31. The van der Waals surface area contributed by atoms with E-state index in [1.165, 1.54) is 0 Å². The van der Waals surface area contributed by atoms with Crippen LogP contribution in [0.3, 0.4) is 0 Å². The van der Waals surface area contributed by atoms with Gasteiger partial charge in [0.2, 0.25) is 0 Å². The number of imidazole rings is 1. The molecule has 1 aromatic carbocycles. The summed E-state index contributed by atoms with van der Waals surface area (Å²) < 4.78 is 1.69. The molecule has 4 aromatic rings. The number of fused-ring (bicyclic) bond motifs is 3. The van der Waals surface area contributed by atoms with E-state index in [-0.39, 0.29) is 0 Å². The third-order valence-electron chi connectivity index (χ3n) is 3.20. The topological polar surface area (TPSA) is 97.8 Å². The number of halogens is 2. The fraction of sp³-hybridized carbons (Fsp3) is 0. The van der Waals surface area contributed by atoms with Crippen LogP contribution in [0.5, 0.6) is 0 Å². The highest BCUT2D eigenvalue weighted by Crippen LogP contribution is 2.37. The molecule has 3 heterocycles. The third-order valence-corrected chi connectivity index (χ3v) is 3.84. The predicted octanol–water partition coefficient (Wildman–Crippen LogP) is 2.56. The first-order chi connectivity index (χ1) is 10.2. The zero-order valence-electron chi connectivity index (χ0n) is 10.4. The molecule has 0 atom stereocenters. The number of nitrogens with two attached hydrogens (primary N) is 1. The lowest BCUT2D eigenvalue weighted by Gasteiger charge is -2.07. The molecule has 0 amide bonds. The number of nitrogens with zero attached hydrogens (tertiary/aromatic N) is 5. The van der Waals surface area contributed by atoms with Crippen molar-refractivity contribution in [3.8, 4) is 11.4 Å². The molecule has 0 spiro atoms. The van der Waals surface area contributed by atoms with Gasteiger partial charge in [-0.2, -0.15) is 0 Å². The third kappa shape index (κ3) is 1.68. The SMILES string of the molecule is Nc1c(Cl)ccc(Cl)c1-c1nnc2c3[nH]cnc3ncn12. The smallest absolute Gasteiger partial charge is 0.190 e. The maximum atomic E-state index is 6.23. The highest BCUT2D eigenvalue weighted by molar-refractivity contribution is 6.37. The number of hydrogen-bond donors (Lipinski definition) is 2. The summed E-state index contributed by atoms with van der Waals surface area (Å²) in [6.07, 6.45) is 3.12. The molecule has 3 N–H and O–H groups in total. The molecule has 0 aliphatic heterocycles. The number of aromatic nitrogens is 6. The summed E-state index contributed by atoms with van der Waals surface area (Å²) in [7, 11) is 0. The first-order valence-electron chi connectivity index (χ1n) is 5.93. The summed E-state index contributed by atoms with van der Waals surface area (Å²) in [4.78, 5) is 11.3. The van der Waals surface area contributed by atoms with E-state index in [2.05, 4.69) is 25.1 Å². The van der Waals surface area contributed by atoms with E-state index >= 15 is 0 Å². The number of nitrogens with one attached hydrogen (secondary N) is 1. The maximum Gasteiger partial charge on any atom is 0.190 e. The summed E-state index contributed by atoms with van der Waals surface area (Å²) in [5.74, 6) is 0.471. The molecule has 3 aromatic heterocycles. The first kappa shape index (κ1) is 12.4. The van der Waals surface area contributed by atoms with Gasteiger partial charge in [0, 0.05) is 0 Å². The van der Waals surface area contributed by atoms with Crippen molar-refractivity contribution in [1.82, 2.24) is 29.5 Å². The summed E-state index contributed by atoms with van der Waals surface area (Å²) in [5.41, 5.74) is 8.73. The predicted molar refractivity (Wildman–Crippen MR) is 80.3 cm³/mol. The molecule has 7 nitrogen and oxygen atoms in total. The number of rotatable bonds is 1. The van der Waals surface area contributed by atoms with Crippen molar-refractivity contribution in [2.75, 3.05) is 5.73 Å². The average molecular weight is 320 g/mol. The fourth-order valence-corrected chi connectivity index (χ4v) is 2.61. The van der Waals surface area contributed by atoms with E-state index < -0.39 is 0 Å². The van der Waals surface area contributed by atoms with Crippen LogP contribution in [0.1, 0.15) is 0 Å². The number of anilines is 1. The Morgan fingerprint density at radius 3 is 2.76 bits per heavy atom. The summed E-state index contributed by atoms with van der Waals surface area (Å²) >= 11 is 12.3. The normalized spacial score (nSPS) is 11.5. The lowest BCUT2D eigenvalue weighted by Crippen LogP contribution is -1.97. The van der Waals surface area contributed by atoms with Gasteiger partial charge in [-0.05, 0) is 12.1 Å². The fourth-order valence-electron chi connectivity index (χ4n) is 2.20. The van der Waals surface area contributed by atoms with Gasteiger partial charge in [0.1, 0.15) is 11.8 Å². The van der Waals surface area contributed by atoms with Crippen molar-refractivity contribution in [3.63, 3.8) is 0 Å². The zero-order valence-corrected chi connectivity index (χ0v) is 11.9. The van der Waals surface area contributed by atoms with Gasteiger partial charge in [0.15, 0.2) is 17.1 Å². The Morgan fingerprint density at radius 1 is 1.10 bits per heavy atom.